The van der Waals surface area contributed by atoms with Gasteiger partial charge in [-0.3, -0.25) is 0 Å². The molecule has 0 aromatic carbocycles. The van der Waals surface area contributed by atoms with Crippen molar-refractivity contribution in [2.45, 2.75) is 54.4 Å². The predicted octanol–water partition coefficient (Wildman–Crippen LogP) is 5.96. The van der Waals surface area contributed by atoms with Gasteiger partial charge in [0.1, 0.15) is 0 Å². The summed E-state index contributed by atoms with van der Waals surface area (Å²) in [5.74, 6) is 6.85. The fraction of sp³-hybridized carbons (Fsp3) is 0.800. The Bertz CT molecular complexity index is 364. The van der Waals surface area contributed by atoms with Crippen molar-refractivity contribution >= 4 is 0 Å². The lowest BCUT2D eigenvalue weighted by atomic mass is 9.50. The maximum Gasteiger partial charge on any atom is -0.0228 e. The molecular weight excluding hydrogens is 240 g/mol. The molecule has 2 aliphatic rings. The molecule has 1 saturated carbocycles. The van der Waals surface area contributed by atoms with E-state index in [-0.39, 0.29) is 0 Å². The zero-order chi connectivity index (χ0) is 14.9. The minimum atomic E-state index is 0.763. The van der Waals surface area contributed by atoms with E-state index in [2.05, 4.69) is 65.8 Å². The van der Waals surface area contributed by atoms with Crippen molar-refractivity contribution in [2.24, 2.45) is 47.3 Å². The molecule has 0 spiro atoms. The summed E-state index contributed by atoms with van der Waals surface area (Å²) in [4.78, 5) is 0. The van der Waals surface area contributed by atoms with Gasteiger partial charge in [-0.2, -0.15) is 0 Å². The number of allylic oxidation sites excluding steroid dienone is 4. The van der Waals surface area contributed by atoms with Crippen LogP contribution in [0.5, 0.6) is 0 Å². The summed E-state index contributed by atoms with van der Waals surface area (Å²) in [6.07, 6.45) is 12.3. The lowest BCUT2D eigenvalue weighted by Gasteiger charge is -2.55. The maximum atomic E-state index is 2.54. The van der Waals surface area contributed by atoms with Gasteiger partial charge in [0.2, 0.25) is 0 Å². The lowest BCUT2D eigenvalue weighted by Crippen LogP contribution is -2.49. The highest BCUT2D eigenvalue weighted by Gasteiger charge is 2.49. The third-order valence-corrected chi connectivity index (χ3v) is 6.61. The van der Waals surface area contributed by atoms with Crippen LogP contribution < -0.4 is 0 Å². The van der Waals surface area contributed by atoms with E-state index in [9.17, 15) is 0 Å². The van der Waals surface area contributed by atoms with Crippen LogP contribution in [0.1, 0.15) is 54.4 Å². The van der Waals surface area contributed by atoms with Gasteiger partial charge in [0.05, 0.1) is 0 Å². The summed E-state index contributed by atoms with van der Waals surface area (Å²) in [6, 6.07) is 0. The Morgan fingerprint density at radius 3 is 1.80 bits per heavy atom. The van der Waals surface area contributed by atoms with E-state index in [1.54, 1.807) is 0 Å². The molecule has 0 amide bonds. The molecule has 114 valence electrons. The van der Waals surface area contributed by atoms with Gasteiger partial charge < -0.3 is 0 Å². The van der Waals surface area contributed by atoms with Gasteiger partial charge in [-0.05, 0) is 60.7 Å². The van der Waals surface area contributed by atoms with Gasteiger partial charge >= 0.3 is 0 Å². The first-order valence-electron chi connectivity index (χ1n) is 8.82. The van der Waals surface area contributed by atoms with E-state index in [0.29, 0.717) is 0 Å². The van der Waals surface area contributed by atoms with Gasteiger partial charge in [-0.25, -0.2) is 0 Å². The zero-order valence-electron chi connectivity index (χ0n) is 14.3. The van der Waals surface area contributed by atoms with Crippen molar-refractivity contribution in [3.8, 4) is 0 Å². The lowest BCUT2D eigenvalue weighted by molar-refractivity contribution is -0.0435. The molecule has 8 unspecified atom stereocenters. The smallest absolute Gasteiger partial charge is 0.0228 e. The summed E-state index contributed by atoms with van der Waals surface area (Å²) >= 11 is 0. The molecule has 2 aliphatic carbocycles. The Morgan fingerprint density at radius 2 is 1.35 bits per heavy atom. The Kier molecular flexibility index (Phi) is 5.15. The normalized spacial score (nSPS) is 48.5. The molecule has 0 aromatic rings. The number of hydrogen-bond acceptors (Lipinski definition) is 0. The van der Waals surface area contributed by atoms with E-state index in [1.807, 2.05) is 0 Å². The topological polar surface area (TPSA) is 0 Å². The number of hydrogen-bond donors (Lipinski definition) is 0. The first-order chi connectivity index (χ1) is 9.52. The van der Waals surface area contributed by atoms with E-state index < -0.39 is 0 Å². The Morgan fingerprint density at radius 1 is 0.850 bits per heavy atom. The van der Waals surface area contributed by atoms with Crippen LogP contribution in [0.15, 0.2) is 24.3 Å². The second-order valence-electron chi connectivity index (χ2n) is 7.52. The van der Waals surface area contributed by atoms with Crippen LogP contribution in [-0.4, -0.2) is 0 Å². The largest absolute Gasteiger partial charge is 0.0917 e. The fourth-order valence-electron chi connectivity index (χ4n) is 5.67. The molecule has 20 heavy (non-hydrogen) atoms. The van der Waals surface area contributed by atoms with Crippen LogP contribution in [0.25, 0.3) is 0 Å². The maximum absolute atomic E-state index is 2.54. The number of rotatable bonds is 3. The van der Waals surface area contributed by atoms with E-state index in [1.165, 1.54) is 12.8 Å². The molecule has 1 fully saturated rings. The first-order valence-corrected chi connectivity index (χ1v) is 8.82. The molecule has 0 nitrogen and oxygen atoms in total. The van der Waals surface area contributed by atoms with Crippen LogP contribution >= 0.6 is 0 Å². The Balaban J connectivity index is 2.32. The molecule has 0 bridgehead atoms. The highest BCUT2D eigenvalue weighted by atomic mass is 14.5. The highest BCUT2D eigenvalue weighted by molar-refractivity contribution is 5.09. The average Bonchev–Trinajstić information content (AvgIpc) is 2.43. The van der Waals surface area contributed by atoms with Crippen LogP contribution in [0.4, 0.5) is 0 Å². The van der Waals surface area contributed by atoms with Crippen molar-refractivity contribution in [2.75, 3.05) is 0 Å². The minimum Gasteiger partial charge on any atom is -0.0917 e. The zero-order valence-corrected chi connectivity index (χ0v) is 14.3. The summed E-state index contributed by atoms with van der Waals surface area (Å²) < 4.78 is 0. The molecule has 0 heterocycles. The molecule has 0 radical (unpaired) electrons. The molecule has 0 N–H and O–H groups in total. The van der Waals surface area contributed by atoms with Crippen molar-refractivity contribution in [1.82, 2.24) is 0 Å². The SMILES string of the molecule is CC=CCC1C(C)C2C(C)C=CC(C)C2C(C)C1CC. The van der Waals surface area contributed by atoms with E-state index in [0.717, 1.165) is 47.3 Å². The summed E-state index contributed by atoms with van der Waals surface area (Å²) in [6.45, 7) is 14.5. The summed E-state index contributed by atoms with van der Waals surface area (Å²) in [7, 11) is 0. The standard InChI is InChI=1S/C20H34/c1-7-9-10-18-16(6)20-14(4)12-11-13(3)19(20)15(5)17(18)8-2/h7,9,11-20H,8,10H2,1-6H3. The highest BCUT2D eigenvalue weighted by Crippen LogP contribution is 2.55. The fourth-order valence-corrected chi connectivity index (χ4v) is 5.67. The van der Waals surface area contributed by atoms with Crippen molar-refractivity contribution < 1.29 is 0 Å². The summed E-state index contributed by atoms with van der Waals surface area (Å²) in [5.41, 5.74) is 0. The quantitative estimate of drug-likeness (QED) is 0.557. The van der Waals surface area contributed by atoms with Gasteiger partial charge in [0, 0.05) is 0 Å². The summed E-state index contributed by atoms with van der Waals surface area (Å²) in [5, 5.41) is 0. The third-order valence-electron chi connectivity index (χ3n) is 6.61. The first kappa shape index (κ1) is 15.9. The van der Waals surface area contributed by atoms with Gasteiger partial charge in [0.25, 0.3) is 0 Å². The molecule has 0 heteroatoms. The van der Waals surface area contributed by atoms with Gasteiger partial charge in [0.15, 0.2) is 0 Å². The van der Waals surface area contributed by atoms with Crippen molar-refractivity contribution in [1.29, 1.82) is 0 Å². The molecule has 0 saturated heterocycles. The van der Waals surface area contributed by atoms with Gasteiger partial charge in [-0.1, -0.05) is 65.3 Å². The van der Waals surface area contributed by atoms with E-state index >= 15 is 0 Å². The number of fused-ring (bicyclic) bond motifs is 1. The van der Waals surface area contributed by atoms with Crippen LogP contribution in [-0.2, 0) is 0 Å². The monoisotopic (exact) mass is 274 g/mol. The minimum absolute atomic E-state index is 0.763. The van der Waals surface area contributed by atoms with Crippen molar-refractivity contribution in [3.63, 3.8) is 0 Å². The predicted molar refractivity (Wildman–Crippen MR) is 89.5 cm³/mol. The van der Waals surface area contributed by atoms with Crippen LogP contribution in [0, 0.1) is 47.3 Å². The molecule has 2 rings (SSSR count). The molecular formula is C20H34. The Labute approximate surface area is 126 Å². The third kappa shape index (κ3) is 2.63. The van der Waals surface area contributed by atoms with Crippen molar-refractivity contribution in [3.05, 3.63) is 24.3 Å². The van der Waals surface area contributed by atoms with Crippen LogP contribution in [0.3, 0.4) is 0 Å². The van der Waals surface area contributed by atoms with E-state index in [4.69, 9.17) is 0 Å². The van der Waals surface area contributed by atoms with Crippen LogP contribution in [0.2, 0.25) is 0 Å². The second kappa shape index (κ2) is 6.50. The molecule has 8 atom stereocenters. The average molecular weight is 274 g/mol. The second-order valence-corrected chi connectivity index (χ2v) is 7.52. The molecule has 0 aliphatic heterocycles. The molecule has 0 aromatic heterocycles. The Hall–Kier alpha value is -0.520. The van der Waals surface area contributed by atoms with Gasteiger partial charge in [-0.15, -0.1) is 0 Å².